The number of benzene rings is 1. The van der Waals surface area contributed by atoms with E-state index in [9.17, 15) is 0 Å². The molecule has 2 nitrogen and oxygen atoms in total. The molecule has 0 saturated carbocycles. The van der Waals surface area contributed by atoms with Crippen molar-refractivity contribution in [2.75, 3.05) is 20.1 Å². The van der Waals surface area contributed by atoms with Crippen molar-refractivity contribution in [1.29, 1.82) is 0 Å². The first kappa shape index (κ1) is 10.7. The molecular weight excluding hydrogens is 208 g/mol. The smallest absolute Gasteiger partial charge is 0.0565 e. The topological polar surface area (TPSA) is 15.6 Å². The van der Waals surface area contributed by atoms with E-state index < -0.39 is 0 Å². The molecule has 0 bridgehead atoms. The maximum atomic E-state index is 4.28. The molecule has 0 radical (unpaired) electrons. The highest BCUT2D eigenvalue weighted by molar-refractivity contribution is 5.73. The zero-order valence-electron chi connectivity index (χ0n) is 10.3. The highest BCUT2D eigenvalue weighted by atomic mass is 15.1. The van der Waals surface area contributed by atoms with Crippen LogP contribution in [-0.4, -0.2) is 31.3 Å². The number of rotatable bonds is 1. The molecule has 1 aromatic carbocycles. The van der Waals surface area contributed by atoms with Crippen molar-refractivity contribution in [2.45, 2.75) is 18.9 Å². The average molecular weight is 226 g/mol. The minimum atomic E-state index is 0.465. The molecule has 88 valence electrons. The highest BCUT2D eigenvalue weighted by Crippen LogP contribution is 2.35. The molecule has 17 heavy (non-hydrogen) atoms. The van der Waals surface area contributed by atoms with E-state index in [2.05, 4.69) is 47.3 Å². The van der Waals surface area contributed by atoms with Gasteiger partial charge >= 0.3 is 0 Å². The van der Waals surface area contributed by atoms with E-state index in [-0.39, 0.29) is 0 Å². The second kappa shape index (κ2) is 4.46. The fourth-order valence-electron chi connectivity index (χ4n) is 2.90. The maximum Gasteiger partial charge on any atom is 0.0565 e. The van der Waals surface area contributed by atoms with Crippen LogP contribution in [-0.2, 0) is 6.42 Å². The molecule has 0 spiro atoms. The number of dihydropyridines is 1. The number of likely N-dealkylation sites (N-methyl/N-ethyl adjacent to an activating group) is 1. The fourth-order valence-corrected chi connectivity index (χ4v) is 2.90. The van der Waals surface area contributed by atoms with Gasteiger partial charge in [0.2, 0.25) is 0 Å². The van der Waals surface area contributed by atoms with Crippen LogP contribution in [0.15, 0.2) is 40.9 Å². The molecule has 0 saturated heterocycles. The largest absolute Gasteiger partial charge is 0.295 e. The van der Waals surface area contributed by atoms with Gasteiger partial charge in [0, 0.05) is 19.3 Å². The van der Waals surface area contributed by atoms with Gasteiger partial charge < -0.3 is 0 Å². The molecule has 1 unspecified atom stereocenters. The van der Waals surface area contributed by atoms with Crippen molar-refractivity contribution >= 4 is 6.21 Å². The molecule has 0 N–H and O–H groups in total. The van der Waals surface area contributed by atoms with Gasteiger partial charge in [-0.05, 0) is 42.7 Å². The Morgan fingerprint density at radius 2 is 2.12 bits per heavy atom. The maximum absolute atomic E-state index is 4.28. The molecule has 3 rings (SSSR count). The molecule has 1 atom stereocenters. The molecule has 2 heterocycles. The lowest BCUT2D eigenvalue weighted by atomic mass is 9.86. The Morgan fingerprint density at radius 1 is 1.24 bits per heavy atom. The molecule has 0 aliphatic carbocycles. The monoisotopic (exact) mass is 226 g/mol. The number of allylic oxidation sites excluding steroid dienone is 1. The number of aliphatic imine (C=N–C) groups is 1. The van der Waals surface area contributed by atoms with Gasteiger partial charge in [0.1, 0.15) is 0 Å². The van der Waals surface area contributed by atoms with E-state index in [1.54, 1.807) is 0 Å². The van der Waals surface area contributed by atoms with Crippen LogP contribution in [0.2, 0.25) is 0 Å². The Hall–Kier alpha value is -1.41. The summed E-state index contributed by atoms with van der Waals surface area (Å²) < 4.78 is 0. The van der Waals surface area contributed by atoms with Gasteiger partial charge in [0.25, 0.3) is 0 Å². The van der Waals surface area contributed by atoms with Crippen molar-refractivity contribution in [1.82, 2.24) is 4.90 Å². The molecule has 2 aliphatic rings. The van der Waals surface area contributed by atoms with E-state index in [4.69, 9.17) is 0 Å². The number of hydrogen-bond donors (Lipinski definition) is 0. The normalized spacial score (nSPS) is 24.3. The lowest BCUT2D eigenvalue weighted by Gasteiger charge is -2.36. The average Bonchev–Trinajstić information content (AvgIpc) is 2.39. The van der Waals surface area contributed by atoms with Crippen LogP contribution >= 0.6 is 0 Å². The standard InChI is InChI=1S/C15H18N2/c1-17-11-8-12-4-2-3-5-14(12)15(17)13-6-9-16-10-7-13/h2-6,9,15H,7-8,10-11H2,1H3. The summed E-state index contributed by atoms with van der Waals surface area (Å²) in [5, 5.41) is 0. The van der Waals surface area contributed by atoms with E-state index >= 15 is 0 Å². The van der Waals surface area contributed by atoms with E-state index in [1.807, 2.05) is 6.21 Å². The summed E-state index contributed by atoms with van der Waals surface area (Å²) in [6.07, 6.45) is 6.43. The van der Waals surface area contributed by atoms with Crippen LogP contribution in [0.4, 0.5) is 0 Å². The minimum absolute atomic E-state index is 0.465. The summed E-state index contributed by atoms with van der Waals surface area (Å²) in [6.45, 7) is 2.09. The van der Waals surface area contributed by atoms with Crippen LogP contribution in [0.1, 0.15) is 23.6 Å². The molecule has 0 aromatic heterocycles. The second-order valence-electron chi connectivity index (χ2n) is 4.88. The van der Waals surface area contributed by atoms with Crippen molar-refractivity contribution in [2.24, 2.45) is 4.99 Å². The SMILES string of the molecule is CN1CCc2ccccc2C1C1=CC=NCC1. The van der Waals surface area contributed by atoms with Crippen LogP contribution in [0.3, 0.4) is 0 Å². The Balaban J connectivity index is 2.03. The summed E-state index contributed by atoms with van der Waals surface area (Å²) >= 11 is 0. The first-order valence-electron chi connectivity index (χ1n) is 6.33. The summed E-state index contributed by atoms with van der Waals surface area (Å²) in [5.74, 6) is 0. The summed E-state index contributed by atoms with van der Waals surface area (Å²) in [5.41, 5.74) is 4.51. The summed E-state index contributed by atoms with van der Waals surface area (Å²) in [7, 11) is 2.23. The van der Waals surface area contributed by atoms with E-state index in [0.717, 1.165) is 19.5 Å². The predicted octanol–water partition coefficient (Wildman–Crippen LogP) is 2.62. The third-order valence-corrected chi connectivity index (χ3v) is 3.80. The quantitative estimate of drug-likeness (QED) is 0.718. The molecule has 2 heteroatoms. The first-order valence-corrected chi connectivity index (χ1v) is 6.33. The molecule has 0 fully saturated rings. The number of nitrogens with zero attached hydrogens (tertiary/aromatic N) is 2. The molecule has 1 aromatic rings. The Morgan fingerprint density at radius 3 is 2.94 bits per heavy atom. The van der Waals surface area contributed by atoms with Gasteiger partial charge in [-0.15, -0.1) is 0 Å². The Bertz CT molecular complexity index is 474. The number of fused-ring (bicyclic) bond motifs is 1. The number of hydrogen-bond acceptors (Lipinski definition) is 2. The third kappa shape index (κ3) is 1.93. The van der Waals surface area contributed by atoms with Gasteiger partial charge in [0.15, 0.2) is 0 Å². The predicted molar refractivity (Wildman–Crippen MR) is 71.6 cm³/mol. The van der Waals surface area contributed by atoms with Gasteiger partial charge in [0.05, 0.1) is 6.04 Å². The summed E-state index contributed by atoms with van der Waals surface area (Å²) in [6, 6.07) is 9.32. The van der Waals surface area contributed by atoms with E-state index in [1.165, 1.54) is 23.1 Å². The second-order valence-corrected chi connectivity index (χ2v) is 4.88. The lowest BCUT2D eigenvalue weighted by Crippen LogP contribution is -2.33. The third-order valence-electron chi connectivity index (χ3n) is 3.80. The van der Waals surface area contributed by atoms with Crippen molar-refractivity contribution in [3.8, 4) is 0 Å². The van der Waals surface area contributed by atoms with Crippen LogP contribution in [0, 0.1) is 0 Å². The van der Waals surface area contributed by atoms with Crippen LogP contribution < -0.4 is 0 Å². The van der Waals surface area contributed by atoms with Crippen molar-refractivity contribution < 1.29 is 0 Å². The molecule has 0 amide bonds. The van der Waals surface area contributed by atoms with Gasteiger partial charge in [-0.3, -0.25) is 9.89 Å². The van der Waals surface area contributed by atoms with Crippen LogP contribution in [0.25, 0.3) is 0 Å². The van der Waals surface area contributed by atoms with Crippen molar-refractivity contribution in [3.05, 3.63) is 47.0 Å². The lowest BCUT2D eigenvalue weighted by molar-refractivity contribution is 0.257. The molecule has 2 aliphatic heterocycles. The molecular formula is C15H18N2. The first-order chi connectivity index (χ1) is 8.36. The van der Waals surface area contributed by atoms with Gasteiger partial charge in [-0.1, -0.05) is 24.3 Å². The zero-order valence-corrected chi connectivity index (χ0v) is 10.3. The van der Waals surface area contributed by atoms with E-state index in [0.29, 0.717) is 6.04 Å². The fraction of sp³-hybridized carbons (Fsp3) is 0.400. The minimum Gasteiger partial charge on any atom is -0.295 e. The van der Waals surface area contributed by atoms with Crippen LogP contribution in [0.5, 0.6) is 0 Å². The Labute approximate surface area is 103 Å². The Kier molecular flexibility index (Phi) is 2.81. The summed E-state index contributed by atoms with van der Waals surface area (Å²) in [4.78, 5) is 6.75. The highest BCUT2D eigenvalue weighted by Gasteiger charge is 2.27. The van der Waals surface area contributed by atoms with Crippen molar-refractivity contribution in [3.63, 3.8) is 0 Å². The zero-order chi connectivity index (χ0) is 11.7. The van der Waals surface area contributed by atoms with Gasteiger partial charge in [-0.2, -0.15) is 0 Å². The van der Waals surface area contributed by atoms with Gasteiger partial charge in [-0.25, -0.2) is 0 Å².